The Balaban J connectivity index is 4.33. The quantitative estimate of drug-likeness (QED) is 0.405. The van der Waals surface area contributed by atoms with Crippen molar-refractivity contribution in [2.45, 2.75) is 13.2 Å². The van der Waals surface area contributed by atoms with Crippen LogP contribution in [-0.2, 0) is 5.11 Å². The molecule has 65 valence electrons. The van der Waals surface area contributed by atoms with E-state index in [9.17, 15) is 5.11 Å². The van der Waals surface area contributed by atoms with Gasteiger partial charge in [-0.25, -0.2) is 10.1 Å². The highest BCUT2D eigenvalue weighted by molar-refractivity contribution is 5.79. The molecule has 4 nitrogen and oxygen atoms in total. The molecule has 0 aliphatic heterocycles. The van der Waals surface area contributed by atoms with E-state index in [2.05, 4.69) is 4.99 Å². The number of guanidine groups is 1. The van der Waals surface area contributed by atoms with Crippen molar-refractivity contribution in [2.75, 3.05) is 28.2 Å². The second-order valence-corrected chi connectivity index (χ2v) is 2.82. The van der Waals surface area contributed by atoms with Crippen molar-refractivity contribution in [3.8, 4) is 0 Å². The van der Waals surface area contributed by atoms with Gasteiger partial charge in [0.05, 0.1) is 0 Å². The molecule has 0 saturated heterocycles. The Hall–Kier alpha value is -0.770. The summed E-state index contributed by atoms with van der Waals surface area (Å²) in [4.78, 5) is 7.52. The zero-order valence-corrected chi connectivity index (χ0v) is 7.83. The molecule has 11 heavy (non-hydrogen) atoms. The average molecular weight is 158 g/mol. The first-order chi connectivity index (χ1) is 4.95. The lowest BCUT2D eigenvalue weighted by molar-refractivity contribution is 0.111. The van der Waals surface area contributed by atoms with Gasteiger partial charge in [0, 0.05) is 28.2 Å². The Morgan fingerprint density at radius 3 is 1.64 bits per heavy atom. The van der Waals surface area contributed by atoms with Gasteiger partial charge < -0.3 is 9.80 Å². The van der Waals surface area contributed by atoms with Crippen LogP contribution in [0.25, 0.3) is 0 Å². The van der Waals surface area contributed by atoms with Gasteiger partial charge in [-0.15, -0.1) is 0 Å². The topological polar surface area (TPSA) is 38.7 Å². The Bertz CT molecular complexity index is 131. The molecule has 0 N–H and O–H groups in total. The Kier molecular flexibility index (Phi) is 3.89. The van der Waals surface area contributed by atoms with Crippen LogP contribution in [0.5, 0.6) is 0 Å². The zero-order valence-electron chi connectivity index (χ0n) is 7.83. The van der Waals surface area contributed by atoms with Crippen LogP contribution < -0.4 is 0 Å². The molecule has 0 amide bonds. The fraction of sp³-hybridized carbons (Fsp3) is 0.857. The lowest BCUT2D eigenvalue weighted by Gasteiger charge is -2.22. The van der Waals surface area contributed by atoms with Gasteiger partial charge in [0.15, 0.2) is 12.2 Å². The molecule has 0 bridgehead atoms. The van der Waals surface area contributed by atoms with Crippen molar-refractivity contribution in [1.29, 1.82) is 0 Å². The highest BCUT2D eigenvalue weighted by Gasteiger charge is 2.05. The molecule has 0 saturated carbocycles. The van der Waals surface area contributed by atoms with Crippen LogP contribution in [0.2, 0.25) is 0 Å². The second-order valence-electron chi connectivity index (χ2n) is 2.82. The molecule has 1 unspecified atom stereocenters. The summed E-state index contributed by atoms with van der Waals surface area (Å²) >= 11 is 0. The van der Waals surface area contributed by atoms with Gasteiger partial charge >= 0.3 is 0 Å². The van der Waals surface area contributed by atoms with E-state index < -0.39 is 6.23 Å². The van der Waals surface area contributed by atoms with Crippen LogP contribution >= 0.6 is 0 Å². The van der Waals surface area contributed by atoms with Crippen LogP contribution in [0.15, 0.2) is 4.99 Å². The minimum absolute atomic E-state index is 0.701. The first kappa shape index (κ1) is 10.2. The SMILES string of the molecule is CC([O])N=C(N(C)C)N(C)C. The largest absolute Gasteiger partial charge is 0.349 e. The highest BCUT2D eigenvalue weighted by atomic mass is 16.3. The molecule has 0 aliphatic carbocycles. The van der Waals surface area contributed by atoms with Crippen LogP contribution in [0.3, 0.4) is 0 Å². The summed E-state index contributed by atoms with van der Waals surface area (Å²) in [6, 6.07) is 0. The minimum Gasteiger partial charge on any atom is -0.349 e. The third kappa shape index (κ3) is 3.83. The summed E-state index contributed by atoms with van der Waals surface area (Å²) in [5, 5.41) is 10.7. The standard InChI is InChI=1S/C7H16N3O/c1-6(11)8-7(9(2)3)10(4)5/h6H,1-5H3. The molecule has 0 spiro atoms. The molecule has 0 aromatic carbocycles. The minimum atomic E-state index is -0.894. The Morgan fingerprint density at radius 1 is 1.18 bits per heavy atom. The molecule has 0 aromatic rings. The summed E-state index contributed by atoms with van der Waals surface area (Å²) < 4.78 is 0. The third-order valence-electron chi connectivity index (χ3n) is 1.10. The van der Waals surface area contributed by atoms with E-state index in [4.69, 9.17) is 0 Å². The van der Waals surface area contributed by atoms with Gasteiger partial charge in [-0.2, -0.15) is 0 Å². The smallest absolute Gasteiger partial charge is 0.198 e. The first-order valence-corrected chi connectivity index (χ1v) is 3.53. The molecule has 0 aliphatic rings. The number of rotatable bonds is 1. The first-order valence-electron chi connectivity index (χ1n) is 3.53. The maximum Gasteiger partial charge on any atom is 0.198 e. The van der Waals surface area contributed by atoms with E-state index in [0.717, 1.165) is 0 Å². The van der Waals surface area contributed by atoms with Crippen molar-refractivity contribution in [2.24, 2.45) is 4.99 Å². The number of hydrogen-bond acceptors (Lipinski definition) is 1. The summed E-state index contributed by atoms with van der Waals surface area (Å²) in [6.45, 7) is 1.52. The maximum atomic E-state index is 10.7. The molecular weight excluding hydrogens is 142 g/mol. The van der Waals surface area contributed by atoms with Crippen LogP contribution in [0.4, 0.5) is 0 Å². The predicted molar refractivity (Wildman–Crippen MR) is 45.0 cm³/mol. The van der Waals surface area contributed by atoms with E-state index in [0.29, 0.717) is 5.96 Å². The van der Waals surface area contributed by atoms with E-state index in [-0.39, 0.29) is 0 Å². The number of hydrogen-bond donors (Lipinski definition) is 0. The van der Waals surface area contributed by atoms with Gasteiger partial charge in [0.2, 0.25) is 0 Å². The Labute approximate surface area is 68.1 Å². The predicted octanol–water partition coefficient (Wildman–Crippen LogP) is 0.242. The summed E-state index contributed by atoms with van der Waals surface area (Å²) in [6.07, 6.45) is -0.894. The van der Waals surface area contributed by atoms with E-state index in [1.165, 1.54) is 6.92 Å². The van der Waals surface area contributed by atoms with Crippen molar-refractivity contribution < 1.29 is 5.11 Å². The zero-order chi connectivity index (χ0) is 9.02. The molecule has 4 heteroatoms. The van der Waals surface area contributed by atoms with Crippen LogP contribution in [0, 0.1) is 0 Å². The molecular formula is C7H16N3O. The second kappa shape index (κ2) is 4.18. The molecule has 0 aromatic heterocycles. The molecule has 1 atom stereocenters. The summed E-state index contributed by atoms with van der Waals surface area (Å²) in [5.74, 6) is 0.701. The monoisotopic (exact) mass is 158 g/mol. The van der Waals surface area contributed by atoms with Gasteiger partial charge in [-0.3, -0.25) is 0 Å². The number of aliphatic imine (C=N–C) groups is 1. The lowest BCUT2D eigenvalue weighted by atomic mass is 10.6. The van der Waals surface area contributed by atoms with Crippen molar-refractivity contribution in [1.82, 2.24) is 9.80 Å². The maximum absolute atomic E-state index is 10.7. The molecule has 0 heterocycles. The fourth-order valence-corrected chi connectivity index (χ4v) is 0.794. The van der Waals surface area contributed by atoms with E-state index >= 15 is 0 Å². The normalized spacial score (nSPS) is 12.2. The van der Waals surface area contributed by atoms with Crippen LogP contribution in [0.1, 0.15) is 6.92 Å². The van der Waals surface area contributed by atoms with E-state index in [1.54, 1.807) is 0 Å². The molecule has 1 radical (unpaired) electrons. The molecule has 0 rings (SSSR count). The summed E-state index contributed by atoms with van der Waals surface area (Å²) in [5.41, 5.74) is 0. The van der Waals surface area contributed by atoms with Crippen molar-refractivity contribution in [3.05, 3.63) is 0 Å². The highest BCUT2D eigenvalue weighted by Crippen LogP contribution is 1.92. The van der Waals surface area contributed by atoms with Gasteiger partial charge in [0.1, 0.15) is 0 Å². The third-order valence-corrected chi connectivity index (χ3v) is 1.10. The lowest BCUT2D eigenvalue weighted by Crippen LogP contribution is -2.36. The van der Waals surface area contributed by atoms with Crippen molar-refractivity contribution in [3.63, 3.8) is 0 Å². The van der Waals surface area contributed by atoms with Gasteiger partial charge in [-0.1, -0.05) is 0 Å². The Morgan fingerprint density at radius 2 is 1.55 bits per heavy atom. The van der Waals surface area contributed by atoms with Gasteiger partial charge in [-0.05, 0) is 6.92 Å². The van der Waals surface area contributed by atoms with Crippen LogP contribution in [-0.4, -0.2) is 50.2 Å². The fourth-order valence-electron chi connectivity index (χ4n) is 0.794. The molecule has 0 fully saturated rings. The average Bonchev–Trinajstić information content (AvgIpc) is 1.81. The summed E-state index contributed by atoms with van der Waals surface area (Å²) in [7, 11) is 7.45. The van der Waals surface area contributed by atoms with Crippen molar-refractivity contribution >= 4 is 5.96 Å². The van der Waals surface area contributed by atoms with E-state index in [1.807, 2.05) is 38.0 Å². The number of nitrogens with zero attached hydrogens (tertiary/aromatic N) is 3. The van der Waals surface area contributed by atoms with Gasteiger partial charge in [0.25, 0.3) is 0 Å².